The number of pyridine rings is 1. The van der Waals surface area contributed by atoms with Crippen LogP contribution in [0.1, 0.15) is 26.3 Å². The van der Waals surface area contributed by atoms with Crippen molar-refractivity contribution < 1.29 is 0 Å². The summed E-state index contributed by atoms with van der Waals surface area (Å²) < 4.78 is 2.68. The first-order valence-electron chi connectivity index (χ1n) is 7.90. The molecule has 0 N–H and O–H groups in total. The van der Waals surface area contributed by atoms with Crippen LogP contribution in [0.3, 0.4) is 0 Å². The van der Waals surface area contributed by atoms with Gasteiger partial charge in [-0.3, -0.25) is 4.98 Å². The number of thiophene rings is 1. The van der Waals surface area contributed by atoms with Gasteiger partial charge in [0.05, 0.1) is 5.69 Å². The fourth-order valence-corrected chi connectivity index (χ4v) is 4.03. The van der Waals surface area contributed by atoms with Gasteiger partial charge in [0.1, 0.15) is 0 Å². The molecule has 0 aliphatic heterocycles. The maximum Gasteiger partial charge on any atom is 0.0705 e. The Morgan fingerprint density at radius 1 is 0.826 bits per heavy atom. The molecular weight excluding hydrogens is 298 g/mol. The fraction of sp³-hybridized carbons (Fsp3) is 0.190. The Balaban J connectivity index is 1.91. The van der Waals surface area contributed by atoms with Crippen LogP contribution < -0.4 is 0 Å². The highest BCUT2D eigenvalue weighted by molar-refractivity contribution is 7.25. The van der Waals surface area contributed by atoms with Gasteiger partial charge in [-0.1, -0.05) is 45.0 Å². The third kappa shape index (κ3) is 2.53. The van der Waals surface area contributed by atoms with E-state index in [1.165, 1.54) is 31.3 Å². The Morgan fingerprint density at radius 2 is 1.61 bits per heavy atom. The van der Waals surface area contributed by atoms with Crippen LogP contribution in [0.25, 0.3) is 31.4 Å². The van der Waals surface area contributed by atoms with Crippen molar-refractivity contribution in [2.45, 2.75) is 26.2 Å². The van der Waals surface area contributed by atoms with Gasteiger partial charge in [-0.25, -0.2) is 0 Å². The molecule has 0 bridgehead atoms. The van der Waals surface area contributed by atoms with Crippen molar-refractivity contribution in [3.8, 4) is 11.3 Å². The summed E-state index contributed by atoms with van der Waals surface area (Å²) in [4.78, 5) is 4.60. The molecule has 0 saturated carbocycles. The van der Waals surface area contributed by atoms with E-state index in [4.69, 9.17) is 0 Å². The molecule has 4 aromatic rings. The molecule has 0 amide bonds. The first-order valence-corrected chi connectivity index (χ1v) is 8.72. The minimum absolute atomic E-state index is 0.136. The van der Waals surface area contributed by atoms with Crippen molar-refractivity contribution in [1.29, 1.82) is 0 Å². The lowest BCUT2D eigenvalue weighted by molar-refractivity contribution is 0.589. The summed E-state index contributed by atoms with van der Waals surface area (Å²) in [7, 11) is 0. The molecule has 0 atom stereocenters. The average molecular weight is 317 g/mol. The Labute approximate surface area is 140 Å². The van der Waals surface area contributed by atoms with Crippen LogP contribution in [0.5, 0.6) is 0 Å². The van der Waals surface area contributed by atoms with Gasteiger partial charge in [0.15, 0.2) is 0 Å². The third-order valence-corrected chi connectivity index (χ3v) is 5.45. The summed E-state index contributed by atoms with van der Waals surface area (Å²) in [6, 6.07) is 19.6. The van der Waals surface area contributed by atoms with E-state index in [0.717, 1.165) is 5.69 Å². The molecule has 114 valence electrons. The lowest BCUT2D eigenvalue weighted by atomic mass is 9.87. The maximum absolute atomic E-state index is 4.60. The molecule has 0 spiro atoms. The topological polar surface area (TPSA) is 12.9 Å². The minimum atomic E-state index is 0.136. The highest BCUT2D eigenvalue weighted by Gasteiger charge is 2.15. The first-order chi connectivity index (χ1) is 11.0. The molecule has 0 fully saturated rings. The van der Waals surface area contributed by atoms with E-state index in [1.807, 2.05) is 17.5 Å². The van der Waals surface area contributed by atoms with Gasteiger partial charge in [0.25, 0.3) is 0 Å². The first kappa shape index (κ1) is 14.4. The highest BCUT2D eigenvalue weighted by atomic mass is 32.1. The molecule has 2 aromatic carbocycles. The number of fused-ring (bicyclic) bond motifs is 3. The van der Waals surface area contributed by atoms with E-state index in [2.05, 4.69) is 80.4 Å². The SMILES string of the molecule is CC(C)(C)c1ccnc(-c2ccc3sc4ccccc4c3c2)c1. The van der Waals surface area contributed by atoms with Crippen LogP contribution in [0.2, 0.25) is 0 Å². The zero-order valence-corrected chi connectivity index (χ0v) is 14.4. The van der Waals surface area contributed by atoms with E-state index in [0.29, 0.717) is 0 Å². The molecule has 0 saturated heterocycles. The van der Waals surface area contributed by atoms with Gasteiger partial charge in [-0.2, -0.15) is 0 Å². The van der Waals surface area contributed by atoms with Crippen molar-refractivity contribution in [3.05, 3.63) is 66.4 Å². The van der Waals surface area contributed by atoms with Gasteiger partial charge in [-0.05, 0) is 41.3 Å². The predicted octanol–water partition coefficient (Wildman–Crippen LogP) is 6.41. The number of benzene rings is 2. The van der Waals surface area contributed by atoms with Crippen molar-refractivity contribution in [3.63, 3.8) is 0 Å². The Kier molecular flexibility index (Phi) is 3.24. The summed E-state index contributed by atoms with van der Waals surface area (Å²) in [6.07, 6.45) is 1.92. The number of hydrogen-bond acceptors (Lipinski definition) is 2. The molecule has 2 heterocycles. The van der Waals surface area contributed by atoms with Crippen LogP contribution in [-0.2, 0) is 5.41 Å². The molecular formula is C21H19NS. The number of aromatic nitrogens is 1. The molecule has 2 aromatic heterocycles. The maximum atomic E-state index is 4.60. The lowest BCUT2D eigenvalue weighted by Gasteiger charge is -2.19. The standard InChI is InChI=1S/C21H19NS/c1-21(2,3)15-10-11-22-18(13-15)14-8-9-20-17(12-14)16-6-4-5-7-19(16)23-20/h4-13H,1-3H3. The normalized spacial score (nSPS) is 12.1. The average Bonchev–Trinajstić information content (AvgIpc) is 2.92. The summed E-state index contributed by atoms with van der Waals surface area (Å²) in [6.45, 7) is 6.71. The Hall–Kier alpha value is -2.19. The molecule has 2 heteroatoms. The lowest BCUT2D eigenvalue weighted by Crippen LogP contribution is -2.11. The molecule has 0 aliphatic carbocycles. The Bertz CT molecular complexity index is 1010. The van der Waals surface area contributed by atoms with Crippen LogP contribution >= 0.6 is 11.3 Å². The fourth-order valence-electron chi connectivity index (χ4n) is 2.94. The number of rotatable bonds is 1. The monoisotopic (exact) mass is 317 g/mol. The van der Waals surface area contributed by atoms with Crippen molar-refractivity contribution >= 4 is 31.5 Å². The zero-order chi connectivity index (χ0) is 16.0. The third-order valence-electron chi connectivity index (χ3n) is 4.30. The largest absolute Gasteiger partial charge is 0.256 e. The van der Waals surface area contributed by atoms with Gasteiger partial charge < -0.3 is 0 Å². The summed E-state index contributed by atoms with van der Waals surface area (Å²) in [5.41, 5.74) is 3.69. The second kappa shape index (κ2) is 5.17. The summed E-state index contributed by atoms with van der Waals surface area (Å²) in [5.74, 6) is 0. The summed E-state index contributed by atoms with van der Waals surface area (Å²) in [5, 5.41) is 2.66. The quantitative estimate of drug-likeness (QED) is 0.395. The van der Waals surface area contributed by atoms with Gasteiger partial charge in [-0.15, -0.1) is 11.3 Å². The van der Waals surface area contributed by atoms with E-state index in [9.17, 15) is 0 Å². The molecule has 0 aliphatic rings. The number of nitrogens with zero attached hydrogens (tertiary/aromatic N) is 1. The second-order valence-corrected chi connectivity index (χ2v) is 8.07. The molecule has 1 nitrogen and oxygen atoms in total. The van der Waals surface area contributed by atoms with E-state index >= 15 is 0 Å². The van der Waals surface area contributed by atoms with Gasteiger partial charge in [0.2, 0.25) is 0 Å². The Morgan fingerprint density at radius 3 is 2.43 bits per heavy atom. The molecule has 0 radical (unpaired) electrons. The smallest absolute Gasteiger partial charge is 0.0705 e. The van der Waals surface area contributed by atoms with Crippen molar-refractivity contribution in [1.82, 2.24) is 4.98 Å². The van der Waals surface area contributed by atoms with Crippen LogP contribution in [0, 0.1) is 0 Å². The molecule has 23 heavy (non-hydrogen) atoms. The molecule has 4 rings (SSSR count). The molecule has 0 unspecified atom stereocenters. The van der Waals surface area contributed by atoms with E-state index in [1.54, 1.807) is 0 Å². The van der Waals surface area contributed by atoms with Crippen molar-refractivity contribution in [2.75, 3.05) is 0 Å². The van der Waals surface area contributed by atoms with E-state index < -0.39 is 0 Å². The second-order valence-electron chi connectivity index (χ2n) is 6.99. The predicted molar refractivity (Wildman–Crippen MR) is 101 cm³/mol. The van der Waals surface area contributed by atoms with Crippen LogP contribution in [-0.4, -0.2) is 4.98 Å². The summed E-state index contributed by atoms with van der Waals surface area (Å²) >= 11 is 1.85. The highest BCUT2D eigenvalue weighted by Crippen LogP contribution is 2.36. The van der Waals surface area contributed by atoms with Gasteiger partial charge in [0, 0.05) is 31.9 Å². The number of hydrogen-bond donors (Lipinski definition) is 0. The minimum Gasteiger partial charge on any atom is -0.256 e. The van der Waals surface area contributed by atoms with Crippen molar-refractivity contribution in [2.24, 2.45) is 0 Å². The van der Waals surface area contributed by atoms with E-state index in [-0.39, 0.29) is 5.41 Å². The van der Waals surface area contributed by atoms with Gasteiger partial charge >= 0.3 is 0 Å². The van der Waals surface area contributed by atoms with Crippen LogP contribution in [0.4, 0.5) is 0 Å². The van der Waals surface area contributed by atoms with Crippen LogP contribution in [0.15, 0.2) is 60.8 Å². The zero-order valence-electron chi connectivity index (χ0n) is 13.6.